The normalized spacial score (nSPS) is 15.8. The Kier molecular flexibility index (Phi) is 48.8. The third-order valence-electron chi connectivity index (χ3n) is 19.9. The highest BCUT2D eigenvalue weighted by Gasteiger charge is 2.40. The van der Waals surface area contributed by atoms with Gasteiger partial charge in [0.1, 0.15) is 84.0 Å². The van der Waals surface area contributed by atoms with Crippen LogP contribution in [0.1, 0.15) is 227 Å². The quantitative estimate of drug-likeness (QED) is 0.0329. The summed E-state index contributed by atoms with van der Waals surface area (Å²) in [5.74, 6) is -13.2. The van der Waals surface area contributed by atoms with Crippen molar-refractivity contribution in [3.05, 3.63) is 41.6 Å². The van der Waals surface area contributed by atoms with Crippen molar-refractivity contribution in [3.8, 4) is 5.75 Å². The molecule has 644 valence electrons. The summed E-state index contributed by atoms with van der Waals surface area (Å²) in [4.78, 5) is 186. The number of rotatable bonds is 55. The molecule has 1 rings (SSSR count). The van der Waals surface area contributed by atoms with Crippen LogP contribution in [0, 0.1) is 53.3 Å². The van der Waals surface area contributed by atoms with E-state index in [0.717, 1.165) is 0 Å². The highest BCUT2D eigenvalue weighted by molar-refractivity contribution is 6.02. The van der Waals surface area contributed by atoms with E-state index in [4.69, 9.17) is 17.2 Å². The lowest BCUT2D eigenvalue weighted by Gasteiger charge is -2.31. The molecule has 0 unspecified atom stereocenters. The second-order valence-electron chi connectivity index (χ2n) is 32.6. The summed E-state index contributed by atoms with van der Waals surface area (Å²) in [7, 11) is 0. The molecule has 113 heavy (non-hydrogen) atoms. The fourth-order valence-electron chi connectivity index (χ4n) is 12.3. The molecule has 1 aromatic carbocycles. The summed E-state index contributed by atoms with van der Waals surface area (Å²) >= 11 is 0. The summed E-state index contributed by atoms with van der Waals surface area (Å²) in [5, 5.41) is 66.5. The molecular weight excluding hydrogens is 1450 g/mol. The van der Waals surface area contributed by atoms with Crippen molar-refractivity contribution < 1.29 is 77.6 Å². The maximum Gasteiger partial charge on any atom is 0.268 e. The van der Waals surface area contributed by atoms with Gasteiger partial charge in [-0.05, 0) is 175 Å². The second kappa shape index (κ2) is 53.7. The zero-order chi connectivity index (χ0) is 86.1. The van der Waals surface area contributed by atoms with Crippen LogP contribution in [0.15, 0.2) is 36.0 Å². The number of hydrogen-bond donors (Lipinski definition) is 19. The van der Waals surface area contributed by atoms with Crippen molar-refractivity contribution in [2.24, 2.45) is 70.5 Å². The first-order chi connectivity index (χ1) is 53.1. The number of nitrogens with one attached hydrogen (secondary N) is 13. The van der Waals surface area contributed by atoms with Crippen molar-refractivity contribution in [3.63, 3.8) is 0 Å². The number of phenolic OH excluding ortho intramolecular Hbond substituents is 1. The van der Waals surface area contributed by atoms with E-state index in [2.05, 4.69) is 69.1 Å². The van der Waals surface area contributed by atoms with Gasteiger partial charge in [-0.1, -0.05) is 156 Å². The molecular formula is C81H144N16O16. The average Bonchev–Trinajstić information content (AvgIpc) is 0.841. The number of allylic oxidation sites excluding steroid dienone is 1. The Balaban J connectivity index is 3.66. The Morgan fingerprint density at radius 1 is 0.372 bits per heavy atom. The molecule has 0 saturated heterocycles. The minimum atomic E-state index is -1.40. The Bertz CT molecular complexity index is 3190. The van der Waals surface area contributed by atoms with Crippen LogP contribution in [-0.4, -0.2) is 197 Å². The minimum Gasteiger partial charge on any atom is -0.508 e. The number of aliphatic hydroxyl groups excluding tert-OH is 2. The number of benzene rings is 1. The van der Waals surface area contributed by atoms with Gasteiger partial charge in [-0.15, -0.1) is 0 Å². The predicted octanol–water partition coefficient (Wildman–Crippen LogP) is 2.37. The van der Waals surface area contributed by atoms with Crippen LogP contribution in [-0.2, 0) is 68.7 Å². The van der Waals surface area contributed by atoms with E-state index in [1.54, 1.807) is 81.4 Å². The third kappa shape index (κ3) is 37.7. The molecule has 0 aliphatic rings. The molecule has 0 spiro atoms. The fourth-order valence-corrected chi connectivity index (χ4v) is 12.3. The number of aromatic hydroxyl groups is 1. The van der Waals surface area contributed by atoms with Crippen molar-refractivity contribution in [1.29, 1.82) is 0 Å². The summed E-state index contributed by atoms with van der Waals surface area (Å²) in [6, 6.07) is -8.60. The topological polar surface area (TPSA) is 517 Å². The molecule has 22 N–H and O–H groups in total. The van der Waals surface area contributed by atoms with Crippen molar-refractivity contribution in [2.75, 3.05) is 26.2 Å². The number of nitrogens with two attached hydrogens (primary N) is 3. The van der Waals surface area contributed by atoms with Crippen LogP contribution in [0.4, 0.5) is 0 Å². The smallest absolute Gasteiger partial charge is 0.268 e. The van der Waals surface area contributed by atoms with Gasteiger partial charge in [0.05, 0.1) is 12.6 Å². The van der Waals surface area contributed by atoms with Crippen LogP contribution >= 0.6 is 0 Å². The fraction of sp³-hybridized carbons (Fsp3) is 0.741. The highest BCUT2D eigenvalue weighted by atomic mass is 16.3. The van der Waals surface area contributed by atoms with Gasteiger partial charge in [0, 0.05) is 6.42 Å². The number of phenols is 1. The zero-order valence-corrected chi connectivity index (χ0v) is 70.9. The van der Waals surface area contributed by atoms with Gasteiger partial charge in [0.15, 0.2) is 0 Å². The number of carbonyl (C=O) groups excluding carboxylic acids is 13. The number of unbranched alkanes of at least 4 members (excludes halogenated alkanes) is 3. The lowest BCUT2D eigenvalue weighted by Crippen LogP contribution is -2.62. The lowest BCUT2D eigenvalue weighted by molar-refractivity contribution is -0.137. The molecule has 0 fully saturated rings. The molecule has 0 heterocycles. The second-order valence-corrected chi connectivity index (χ2v) is 32.6. The first kappa shape index (κ1) is 103. The Morgan fingerprint density at radius 2 is 0.681 bits per heavy atom. The van der Waals surface area contributed by atoms with E-state index in [1.165, 1.54) is 25.1 Å². The standard InChI is InChI=1S/C81H144N16O16/c1-20-51(18)67(97-72(104)57(30-24-27-37-83)87-73(105)59(39-44(4)5)89-69(101)55(22-3)85-81(113)68(100)52(19)21-2)80(112)96-66(50(16)17)79(111)95-65(49(14)15)77(109)88-58(31-25-28-38-84)71(103)94-64(48(12)13)78(110)92-61(41-46(8)9)74(106)86-56(29-23-26-36-82)70(102)91-62(42-53-32-34-54(99)35-33-53)76(108)90-60(40-45(6)7)75(107)93-63(43-98)47(10)11/h22,32-35,44-52,56-68,98-100H,20-21,23-31,36-43,82-84H2,1-19H3,(H,85,113)(H,86,106)(H,87,105)(H,88,109)(H,89,101)(H,90,108)(H,91,102)(H,92,110)(H,93,107)(H,94,103)(H,95,111)(H,96,112)(H,97,104)/b55-22+/t51-,52-,56-,57+,58+,59-,60-,61+,62+,63+,64-,65-,66-,67-,68-/m0/s1. The van der Waals surface area contributed by atoms with Crippen LogP contribution in [0.5, 0.6) is 5.75 Å². The van der Waals surface area contributed by atoms with E-state index < -0.39 is 185 Å². The predicted molar refractivity (Wildman–Crippen MR) is 435 cm³/mol. The maximum absolute atomic E-state index is 14.7. The van der Waals surface area contributed by atoms with E-state index in [9.17, 15) is 77.6 Å². The van der Waals surface area contributed by atoms with Gasteiger partial charge in [0.25, 0.3) is 11.8 Å². The largest absolute Gasteiger partial charge is 0.508 e. The van der Waals surface area contributed by atoms with Gasteiger partial charge in [-0.3, -0.25) is 62.3 Å². The summed E-state index contributed by atoms with van der Waals surface area (Å²) in [6.45, 7) is 33.6. The summed E-state index contributed by atoms with van der Waals surface area (Å²) in [6.07, 6.45) is 3.65. The Hall–Kier alpha value is -8.33. The van der Waals surface area contributed by atoms with Crippen LogP contribution in [0.25, 0.3) is 0 Å². The zero-order valence-electron chi connectivity index (χ0n) is 70.9. The molecule has 0 aliphatic heterocycles. The molecule has 13 amide bonds. The molecule has 15 atom stereocenters. The van der Waals surface area contributed by atoms with Crippen molar-refractivity contribution in [1.82, 2.24) is 69.1 Å². The van der Waals surface area contributed by atoms with Gasteiger partial charge in [-0.2, -0.15) is 0 Å². The van der Waals surface area contributed by atoms with Gasteiger partial charge in [-0.25, -0.2) is 0 Å². The van der Waals surface area contributed by atoms with E-state index in [1.807, 2.05) is 55.4 Å². The summed E-state index contributed by atoms with van der Waals surface area (Å²) in [5.41, 5.74) is 18.0. The molecule has 0 aromatic heterocycles. The van der Waals surface area contributed by atoms with E-state index in [0.29, 0.717) is 56.9 Å². The van der Waals surface area contributed by atoms with Crippen molar-refractivity contribution >= 4 is 76.8 Å². The van der Waals surface area contributed by atoms with Gasteiger partial charge in [0.2, 0.25) is 65.0 Å². The lowest BCUT2D eigenvalue weighted by atomic mass is 9.95. The van der Waals surface area contributed by atoms with Crippen LogP contribution in [0.2, 0.25) is 0 Å². The Morgan fingerprint density at radius 3 is 1.04 bits per heavy atom. The first-order valence-corrected chi connectivity index (χ1v) is 40.9. The van der Waals surface area contributed by atoms with Gasteiger partial charge < -0.3 is 102 Å². The molecule has 0 bridgehead atoms. The Labute approximate surface area is 671 Å². The molecule has 1 aromatic rings. The van der Waals surface area contributed by atoms with Gasteiger partial charge >= 0.3 is 0 Å². The van der Waals surface area contributed by atoms with Crippen LogP contribution < -0.4 is 86.3 Å². The third-order valence-corrected chi connectivity index (χ3v) is 19.9. The number of hydrogen-bond acceptors (Lipinski definition) is 19. The molecule has 0 saturated carbocycles. The minimum absolute atomic E-state index is 0.0319. The molecule has 32 heteroatoms. The average molecular weight is 1600 g/mol. The number of aliphatic hydroxyl groups is 2. The summed E-state index contributed by atoms with van der Waals surface area (Å²) < 4.78 is 0. The maximum atomic E-state index is 14.7. The number of amides is 13. The SMILES string of the molecule is C/C=C(/NC(=O)[C@@H](O)[C@@H](C)CC)C(=O)N[C@@H](CC(C)C)C(=O)N[C@H](CCCCN)C(=O)N[C@H](C(=O)N[C@H](C(=O)N[C@H](C(=O)N[C@H](CCCCN)C(=O)N[C@H](C(=O)N[C@H](CC(C)C)C(=O)N[C@@H](CCCCN)C(=O)N[C@H](Cc1ccc(O)cc1)C(=O)N[C@@H](CC(C)C)C(=O)N[C@H](CO)C(C)C)C(C)C)C(C)C)C(C)C)[C@@H](C)CC. The highest BCUT2D eigenvalue weighted by Crippen LogP contribution is 2.19. The molecule has 0 aliphatic carbocycles. The van der Waals surface area contributed by atoms with Crippen LogP contribution in [0.3, 0.4) is 0 Å². The van der Waals surface area contributed by atoms with E-state index >= 15 is 0 Å². The molecule has 0 radical (unpaired) electrons. The molecule has 32 nitrogen and oxygen atoms in total. The monoisotopic (exact) mass is 1600 g/mol. The van der Waals surface area contributed by atoms with Crippen molar-refractivity contribution in [2.45, 2.75) is 306 Å². The first-order valence-electron chi connectivity index (χ1n) is 40.9. The number of carbonyl (C=O) groups is 13. The van der Waals surface area contributed by atoms with E-state index in [-0.39, 0.29) is 106 Å².